The fourth-order valence-corrected chi connectivity index (χ4v) is 8.68. The molecule has 3 saturated heterocycles. The number of methoxy groups -OCH3 is 2. The molecule has 0 bridgehead atoms. The second kappa shape index (κ2) is 11.9. The van der Waals surface area contributed by atoms with E-state index in [0.29, 0.717) is 13.0 Å². The van der Waals surface area contributed by atoms with Crippen LogP contribution in [0.25, 0.3) is 0 Å². The maximum atomic E-state index is 12.2. The third-order valence-corrected chi connectivity index (χ3v) is 11.4. The average Bonchev–Trinajstić information content (AvgIpc) is 3.71. The van der Waals surface area contributed by atoms with Crippen molar-refractivity contribution in [2.24, 2.45) is 23.2 Å². The Morgan fingerprint density at radius 1 is 1.02 bits per heavy atom. The van der Waals surface area contributed by atoms with Gasteiger partial charge < -0.3 is 53.6 Å². The number of allylic oxidation sites excluding steroid dienone is 2. The average molecular weight is 625 g/mol. The molecule has 3 heterocycles. The third-order valence-electron chi connectivity index (χ3n) is 11.4. The second-order valence-electron chi connectivity index (χ2n) is 14.7. The largest absolute Gasteiger partial charge is 0.390 e. The van der Waals surface area contributed by atoms with Gasteiger partial charge in [0.1, 0.15) is 47.8 Å². The summed E-state index contributed by atoms with van der Waals surface area (Å²) in [6, 6.07) is 0. The molecule has 0 aromatic heterocycles. The van der Waals surface area contributed by atoms with E-state index in [2.05, 4.69) is 26.8 Å². The Morgan fingerprint density at radius 3 is 2.39 bits per heavy atom. The molecular weight excluding hydrogens is 572 g/mol. The van der Waals surface area contributed by atoms with Crippen molar-refractivity contribution >= 4 is 0 Å². The minimum Gasteiger partial charge on any atom is -0.390 e. The Bertz CT molecular complexity index is 1140. The molecule has 11 nitrogen and oxygen atoms in total. The Balaban J connectivity index is 1.36. The van der Waals surface area contributed by atoms with Crippen molar-refractivity contribution < 1.29 is 53.6 Å². The molecule has 4 fully saturated rings. The topological polar surface area (TPSA) is 149 Å². The molecule has 0 amide bonds. The SMILES string of the molecule is COC[C@H]1O[C@H](O[C@@H]2C3=C(C(C)C)CC[C@]3(C)/C=C3\[C@@H](CC[C@]3(O)COC)[C@@H](C)[C@H]2O)[C@H](O)[C@H]2O[C@@H](O)[C@](C)([C@@H]3CO3)O[C@@H]21. The van der Waals surface area contributed by atoms with Crippen LogP contribution < -0.4 is 0 Å². The number of aliphatic hydroxyl groups is 4. The van der Waals surface area contributed by atoms with Crippen LogP contribution in [0.1, 0.15) is 60.3 Å². The summed E-state index contributed by atoms with van der Waals surface area (Å²) in [6.45, 7) is 11.0. The second-order valence-corrected chi connectivity index (χ2v) is 14.7. The zero-order valence-electron chi connectivity index (χ0n) is 27.1. The lowest BCUT2D eigenvalue weighted by molar-refractivity contribution is -0.403. The van der Waals surface area contributed by atoms with Crippen LogP contribution in [-0.2, 0) is 33.2 Å². The first-order valence-electron chi connectivity index (χ1n) is 16.2. The number of hydrogen-bond donors (Lipinski definition) is 4. The highest BCUT2D eigenvalue weighted by Gasteiger charge is 2.62. The van der Waals surface area contributed by atoms with Gasteiger partial charge in [-0.15, -0.1) is 0 Å². The lowest BCUT2D eigenvalue weighted by Gasteiger charge is -2.53. The van der Waals surface area contributed by atoms with Gasteiger partial charge in [-0.2, -0.15) is 0 Å². The summed E-state index contributed by atoms with van der Waals surface area (Å²) >= 11 is 0. The molecule has 11 heteroatoms. The Morgan fingerprint density at radius 2 is 1.75 bits per heavy atom. The van der Waals surface area contributed by atoms with Crippen LogP contribution in [0.4, 0.5) is 0 Å². The quantitative estimate of drug-likeness (QED) is 0.232. The molecule has 0 radical (unpaired) electrons. The van der Waals surface area contributed by atoms with E-state index in [0.717, 1.165) is 30.4 Å². The molecule has 0 unspecified atom stereocenters. The van der Waals surface area contributed by atoms with Crippen molar-refractivity contribution in [1.82, 2.24) is 0 Å². The minimum atomic E-state index is -1.33. The van der Waals surface area contributed by atoms with Gasteiger partial charge in [0.05, 0.1) is 25.9 Å². The van der Waals surface area contributed by atoms with Crippen molar-refractivity contribution in [2.75, 3.05) is 34.0 Å². The number of ether oxygens (including phenoxy) is 7. The van der Waals surface area contributed by atoms with Crippen molar-refractivity contribution in [3.63, 3.8) is 0 Å². The molecule has 14 atom stereocenters. The summed E-state index contributed by atoms with van der Waals surface area (Å²) in [5.74, 6) is -0.124. The number of fused-ring (bicyclic) bond motifs is 3. The molecule has 6 rings (SSSR count). The molecule has 3 aliphatic carbocycles. The fraction of sp³-hybridized carbons (Fsp3) is 0.879. The summed E-state index contributed by atoms with van der Waals surface area (Å²) in [6.07, 6.45) is -3.13. The van der Waals surface area contributed by atoms with Crippen molar-refractivity contribution in [1.29, 1.82) is 0 Å². The smallest absolute Gasteiger partial charge is 0.187 e. The van der Waals surface area contributed by atoms with Crippen LogP contribution >= 0.6 is 0 Å². The lowest BCUT2D eigenvalue weighted by Crippen LogP contribution is -2.70. The highest BCUT2D eigenvalue weighted by molar-refractivity contribution is 5.42. The molecule has 3 aliphatic heterocycles. The van der Waals surface area contributed by atoms with Gasteiger partial charge in [0, 0.05) is 19.6 Å². The third kappa shape index (κ3) is 5.34. The Kier molecular flexibility index (Phi) is 8.94. The van der Waals surface area contributed by atoms with E-state index in [1.807, 2.05) is 6.92 Å². The highest BCUT2D eigenvalue weighted by Crippen LogP contribution is 2.56. The minimum absolute atomic E-state index is 0.0620. The van der Waals surface area contributed by atoms with Crippen LogP contribution in [0.2, 0.25) is 0 Å². The van der Waals surface area contributed by atoms with E-state index in [9.17, 15) is 20.4 Å². The maximum absolute atomic E-state index is 12.2. The van der Waals surface area contributed by atoms with Gasteiger partial charge in [0.2, 0.25) is 0 Å². The lowest BCUT2D eigenvalue weighted by atomic mass is 9.68. The predicted octanol–water partition coefficient (Wildman–Crippen LogP) is 1.84. The predicted molar refractivity (Wildman–Crippen MR) is 157 cm³/mol. The van der Waals surface area contributed by atoms with Crippen LogP contribution in [0.5, 0.6) is 0 Å². The number of aliphatic hydroxyl groups excluding tert-OH is 3. The summed E-state index contributed by atoms with van der Waals surface area (Å²) < 4.78 is 41.9. The van der Waals surface area contributed by atoms with E-state index < -0.39 is 65.8 Å². The molecule has 0 aromatic rings. The van der Waals surface area contributed by atoms with Gasteiger partial charge in [-0.1, -0.05) is 39.3 Å². The molecule has 1 saturated carbocycles. The molecule has 0 spiro atoms. The molecule has 250 valence electrons. The van der Waals surface area contributed by atoms with Gasteiger partial charge >= 0.3 is 0 Å². The van der Waals surface area contributed by atoms with Gasteiger partial charge in [-0.25, -0.2) is 0 Å². The van der Waals surface area contributed by atoms with E-state index in [1.165, 1.54) is 5.57 Å². The van der Waals surface area contributed by atoms with Gasteiger partial charge in [0.25, 0.3) is 0 Å². The van der Waals surface area contributed by atoms with Crippen LogP contribution in [0.3, 0.4) is 0 Å². The molecular formula is C33H52O11. The molecule has 44 heavy (non-hydrogen) atoms. The van der Waals surface area contributed by atoms with Gasteiger partial charge in [-0.3, -0.25) is 0 Å². The number of epoxide rings is 1. The first-order chi connectivity index (χ1) is 20.8. The number of hydrogen-bond acceptors (Lipinski definition) is 11. The molecule has 6 aliphatic rings. The zero-order valence-corrected chi connectivity index (χ0v) is 27.1. The summed E-state index contributed by atoms with van der Waals surface area (Å²) in [5.41, 5.74) is 0.428. The van der Waals surface area contributed by atoms with Crippen LogP contribution in [0, 0.1) is 23.2 Å². The van der Waals surface area contributed by atoms with Gasteiger partial charge in [-0.05, 0) is 61.5 Å². The van der Waals surface area contributed by atoms with E-state index >= 15 is 0 Å². The van der Waals surface area contributed by atoms with Crippen molar-refractivity contribution in [3.8, 4) is 0 Å². The normalized spacial score (nSPS) is 51.7. The van der Waals surface area contributed by atoms with E-state index in [-0.39, 0.29) is 37.1 Å². The summed E-state index contributed by atoms with van der Waals surface area (Å²) in [7, 11) is 3.16. The van der Waals surface area contributed by atoms with E-state index in [1.54, 1.807) is 21.1 Å². The zero-order chi connectivity index (χ0) is 31.8. The van der Waals surface area contributed by atoms with Crippen LogP contribution in [0.15, 0.2) is 22.8 Å². The summed E-state index contributed by atoms with van der Waals surface area (Å²) in [5, 5.41) is 46.5. The molecule has 0 aromatic carbocycles. The fourth-order valence-electron chi connectivity index (χ4n) is 8.68. The summed E-state index contributed by atoms with van der Waals surface area (Å²) in [4.78, 5) is 0. The maximum Gasteiger partial charge on any atom is 0.187 e. The Labute approximate surface area is 260 Å². The first kappa shape index (κ1) is 33.0. The van der Waals surface area contributed by atoms with Gasteiger partial charge in [0.15, 0.2) is 12.6 Å². The molecule has 4 N–H and O–H groups in total. The van der Waals surface area contributed by atoms with Crippen molar-refractivity contribution in [3.05, 3.63) is 22.8 Å². The van der Waals surface area contributed by atoms with Crippen LogP contribution in [-0.4, -0.2) is 121 Å². The monoisotopic (exact) mass is 624 g/mol. The highest BCUT2D eigenvalue weighted by atomic mass is 16.7. The van der Waals surface area contributed by atoms with Crippen molar-refractivity contribution in [2.45, 2.75) is 127 Å². The first-order valence-corrected chi connectivity index (χ1v) is 16.2. The Hall–Kier alpha value is -0.960. The van der Waals surface area contributed by atoms with E-state index in [4.69, 9.17) is 33.2 Å². The standard InChI is InChI=1S/C33H52O11/c1-16(2)18-8-10-31(4)12-20-19(9-11-33(20,37)15-39-7)17(3)24(34)27(23(18)31)42-29-25(35)28-26(21(41-29)13-38-6)44-32(5,22-14-40-22)30(36)43-28/h12,16-17,19,21-22,24-30,34-37H,8-11,13-15H2,1-7H3/b20-12+/t17-,19+,21-,22+,24-,25-,26-,27-,28-,29-,30-,31-,32+,33+/m1/s1. The number of rotatable bonds is 8.